The van der Waals surface area contributed by atoms with Gasteiger partial charge in [0.1, 0.15) is 12.1 Å². The summed E-state index contributed by atoms with van der Waals surface area (Å²) in [4.78, 5) is 35.6. The van der Waals surface area contributed by atoms with Crippen LogP contribution in [0.5, 0.6) is 0 Å². The summed E-state index contributed by atoms with van der Waals surface area (Å²) in [5.74, 6) is 1.25. The number of benzene rings is 3. The zero-order valence-electron chi connectivity index (χ0n) is 24.6. The van der Waals surface area contributed by atoms with E-state index in [9.17, 15) is 4.79 Å². The Balaban J connectivity index is 1.05. The van der Waals surface area contributed by atoms with Gasteiger partial charge in [-0.15, -0.1) is 0 Å². The molecular weight excluding hydrogens is 550 g/mol. The zero-order valence-corrected chi connectivity index (χ0v) is 24.6. The third kappa shape index (κ3) is 5.43. The third-order valence-electron chi connectivity index (χ3n) is 8.40. The maximum absolute atomic E-state index is 13.4. The van der Waals surface area contributed by atoms with Crippen LogP contribution in [0.25, 0.3) is 38.8 Å². The molecule has 1 saturated heterocycles. The maximum Gasteiger partial charge on any atom is 0.321 e. The Bertz CT molecular complexity index is 1940. The molecule has 3 aromatic heterocycles. The predicted molar refractivity (Wildman–Crippen MR) is 174 cm³/mol. The molecule has 0 spiro atoms. The molecule has 1 fully saturated rings. The minimum atomic E-state index is -0.0935. The van der Waals surface area contributed by atoms with Gasteiger partial charge in [0.15, 0.2) is 0 Å². The van der Waals surface area contributed by atoms with Gasteiger partial charge in [0, 0.05) is 55.7 Å². The molecule has 0 bridgehead atoms. The summed E-state index contributed by atoms with van der Waals surface area (Å²) in [6.07, 6.45) is 7.12. The summed E-state index contributed by atoms with van der Waals surface area (Å²) in [6.45, 7) is 4.10. The van der Waals surface area contributed by atoms with Crippen LogP contribution < -0.4 is 10.6 Å². The Morgan fingerprint density at radius 3 is 2.64 bits per heavy atom. The highest BCUT2D eigenvalue weighted by atomic mass is 16.2. The van der Waals surface area contributed by atoms with Gasteiger partial charge in [-0.25, -0.2) is 14.8 Å². The van der Waals surface area contributed by atoms with Gasteiger partial charge in [0.05, 0.1) is 16.7 Å². The first-order valence-corrected chi connectivity index (χ1v) is 14.7. The van der Waals surface area contributed by atoms with Crippen molar-refractivity contribution in [3.8, 4) is 16.9 Å². The molecule has 1 aliphatic heterocycles. The standard InChI is InChI=1S/C34H33N9O/c1-23(31-21-42(19-18-41(31)2)34(44)39-28-9-5-7-25-6-3-4-8-27(25)28)38-33-36-17-14-32(40-33)43-22-37-29-20-26(10-11-30(29)43)24-12-15-35-16-13-24/h3-17,20,22-23,31H,18-19,21H2,1-2H3,(H,39,44)(H,36,38,40)/t23-,31-/m0/s1. The highest BCUT2D eigenvalue weighted by Gasteiger charge is 2.31. The van der Waals surface area contributed by atoms with E-state index in [2.05, 4.69) is 74.8 Å². The molecular formula is C34H33N9O. The van der Waals surface area contributed by atoms with Crippen molar-refractivity contribution in [3.63, 3.8) is 0 Å². The number of fused-ring (bicyclic) bond motifs is 2. The molecule has 1 aliphatic rings. The molecule has 10 nitrogen and oxygen atoms in total. The van der Waals surface area contributed by atoms with Gasteiger partial charge in [-0.1, -0.05) is 42.5 Å². The van der Waals surface area contributed by atoms with Crippen molar-refractivity contribution < 1.29 is 4.79 Å². The van der Waals surface area contributed by atoms with Crippen molar-refractivity contribution in [2.75, 3.05) is 37.3 Å². The van der Waals surface area contributed by atoms with Crippen molar-refractivity contribution in [3.05, 3.63) is 104 Å². The fourth-order valence-electron chi connectivity index (χ4n) is 5.93. The summed E-state index contributed by atoms with van der Waals surface area (Å²) >= 11 is 0. The molecule has 2 amide bonds. The second-order valence-electron chi connectivity index (χ2n) is 11.2. The normalized spacial score (nSPS) is 16.2. The lowest BCUT2D eigenvalue weighted by molar-refractivity contribution is 0.108. The lowest BCUT2D eigenvalue weighted by Crippen LogP contribution is -2.59. The van der Waals surface area contributed by atoms with E-state index >= 15 is 0 Å². The first-order valence-electron chi connectivity index (χ1n) is 14.7. The minimum Gasteiger partial charge on any atom is -0.350 e. The number of imidazole rings is 1. The van der Waals surface area contributed by atoms with Gasteiger partial charge in [-0.2, -0.15) is 4.98 Å². The number of carbonyl (C=O) groups excluding carboxylic acids is 1. The molecule has 2 atom stereocenters. The molecule has 0 saturated carbocycles. The molecule has 220 valence electrons. The highest BCUT2D eigenvalue weighted by molar-refractivity contribution is 6.01. The second kappa shape index (κ2) is 11.7. The van der Waals surface area contributed by atoms with Crippen LogP contribution in [-0.2, 0) is 0 Å². The molecule has 7 rings (SSSR count). The molecule has 44 heavy (non-hydrogen) atoms. The van der Waals surface area contributed by atoms with Crippen LogP contribution in [-0.4, -0.2) is 79.1 Å². The van der Waals surface area contributed by atoms with E-state index in [1.54, 1.807) is 24.9 Å². The Morgan fingerprint density at radius 2 is 1.75 bits per heavy atom. The second-order valence-corrected chi connectivity index (χ2v) is 11.2. The Morgan fingerprint density at radius 1 is 0.909 bits per heavy atom. The predicted octanol–water partition coefficient (Wildman–Crippen LogP) is 5.68. The van der Waals surface area contributed by atoms with Crippen molar-refractivity contribution in [1.29, 1.82) is 0 Å². The topological polar surface area (TPSA) is 104 Å². The molecule has 2 N–H and O–H groups in total. The smallest absolute Gasteiger partial charge is 0.321 e. The Kier molecular flexibility index (Phi) is 7.33. The van der Waals surface area contributed by atoms with Gasteiger partial charge in [-0.05, 0) is 66.9 Å². The fraction of sp³-hybridized carbons (Fsp3) is 0.206. The van der Waals surface area contributed by atoms with Crippen LogP contribution in [0, 0.1) is 0 Å². The number of carbonyl (C=O) groups is 1. The molecule has 6 aromatic rings. The van der Waals surface area contributed by atoms with Gasteiger partial charge in [0.25, 0.3) is 0 Å². The van der Waals surface area contributed by atoms with E-state index in [0.29, 0.717) is 19.0 Å². The van der Waals surface area contributed by atoms with Gasteiger partial charge >= 0.3 is 6.03 Å². The molecule has 10 heteroatoms. The summed E-state index contributed by atoms with van der Waals surface area (Å²) in [6, 6.07) is 26.1. The molecule has 0 radical (unpaired) electrons. The number of anilines is 2. The number of nitrogens with zero attached hydrogens (tertiary/aromatic N) is 7. The van der Waals surface area contributed by atoms with Crippen molar-refractivity contribution >= 4 is 39.5 Å². The van der Waals surface area contributed by atoms with Crippen molar-refractivity contribution in [1.82, 2.24) is 34.3 Å². The average molecular weight is 584 g/mol. The first-order chi connectivity index (χ1) is 21.5. The SMILES string of the molecule is C[C@H](Nc1nccc(-n2cnc3cc(-c4ccncc4)ccc32)n1)[C@@H]1CN(C(=O)Nc2cccc3ccccc23)CCN1C. The lowest BCUT2D eigenvalue weighted by atomic mass is 10.1. The summed E-state index contributed by atoms with van der Waals surface area (Å²) in [5.41, 5.74) is 4.84. The first kappa shape index (κ1) is 27.5. The van der Waals surface area contributed by atoms with E-state index in [1.807, 2.05) is 58.0 Å². The number of urea groups is 1. The van der Waals surface area contributed by atoms with Crippen molar-refractivity contribution in [2.45, 2.75) is 19.0 Å². The van der Waals surface area contributed by atoms with E-state index in [4.69, 9.17) is 4.98 Å². The number of amides is 2. The van der Waals surface area contributed by atoms with E-state index in [-0.39, 0.29) is 18.1 Å². The summed E-state index contributed by atoms with van der Waals surface area (Å²) < 4.78 is 1.97. The monoisotopic (exact) mass is 583 g/mol. The number of rotatable bonds is 6. The largest absolute Gasteiger partial charge is 0.350 e. The van der Waals surface area contributed by atoms with E-state index in [0.717, 1.165) is 51.0 Å². The number of likely N-dealkylation sites (N-methyl/N-ethyl adjacent to an activating group) is 1. The Labute approximate surface area is 255 Å². The number of nitrogens with one attached hydrogen (secondary N) is 2. The quantitative estimate of drug-likeness (QED) is 0.260. The van der Waals surface area contributed by atoms with E-state index in [1.165, 1.54) is 0 Å². The van der Waals surface area contributed by atoms with Gasteiger partial charge < -0.3 is 15.5 Å². The zero-order chi connectivity index (χ0) is 30.0. The highest BCUT2D eigenvalue weighted by Crippen LogP contribution is 2.26. The lowest BCUT2D eigenvalue weighted by Gasteiger charge is -2.42. The molecule has 0 aliphatic carbocycles. The van der Waals surface area contributed by atoms with Gasteiger partial charge in [-0.3, -0.25) is 14.5 Å². The number of hydrogen-bond acceptors (Lipinski definition) is 7. The van der Waals surface area contributed by atoms with Crippen LogP contribution in [0.15, 0.2) is 104 Å². The third-order valence-corrected chi connectivity index (χ3v) is 8.40. The van der Waals surface area contributed by atoms with Crippen LogP contribution in [0.1, 0.15) is 6.92 Å². The number of hydrogen-bond donors (Lipinski definition) is 2. The van der Waals surface area contributed by atoms with E-state index < -0.39 is 0 Å². The van der Waals surface area contributed by atoms with Crippen LogP contribution in [0.3, 0.4) is 0 Å². The number of pyridine rings is 1. The number of piperazine rings is 1. The van der Waals surface area contributed by atoms with Crippen LogP contribution in [0.4, 0.5) is 16.4 Å². The average Bonchev–Trinajstić information content (AvgIpc) is 3.49. The van der Waals surface area contributed by atoms with Crippen LogP contribution >= 0.6 is 0 Å². The van der Waals surface area contributed by atoms with Crippen LogP contribution in [0.2, 0.25) is 0 Å². The number of aromatic nitrogens is 5. The molecule has 4 heterocycles. The minimum absolute atomic E-state index is 0.0224. The maximum atomic E-state index is 13.4. The summed E-state index contributed by atoms with van der Waals surface area (Å²) in [7, 11) is 2.10. The summed E-state index contributed by atoms with van der Waals surface area (Å²) in [5, 5.41) is 8.76. The fourth-order valence-corrected chi connectivity index (χ4v) is 5.93. The molecule has 3 aromatic carbocycles. The molecule has 0 unspecified atom stereocenters. The Hall–Kier alpha value is -5.35. The van der Waals surface area contributed by atoms with Crippen molar-refractivity contribution in [2.24, 2.45) is 0 Å². The van der Waals surface area contributed by atoms with Gasteiger partial charge in [0.2, 0.25) is 5.95 Å².